The zero-order chi connectivity index (χ0) is 14.3. The molecule has 1 amide bonds. The number of carboxylic acid groups (broad SMARTS) is 1. The third-order valence-electron chi connectivity index (χ3n) is 2.68. The maximum absolute atomic E-state index is 12.0. The van der Waals surface area contributed by atoms with Crippen molar-refractivity contribution in [1.82, 2.24) is 5.32 Å². The van der Waals surface area contributed by atoms with Crippen LogP contribution in [0, 0.1) is 0 Å². The van der Waals surface area contributed by atoms with Crippen molar-refractivity contribution >= 4 is 11.9 Å². The van der Waals surface area contributed by atoms with Crippen molar-refractivity contribution in [2.45, 2.75) is 32.4 Å². The van der Waals surface area contributed by atoms with Gasteiger partial charge in [-0.25, -0.2) is 4.79 Å². The van der Waals surface area contributed by atoms with Gasteiger partial charge in [-0.2, -0.15) is 0 Å². The summed E-state index contributed by atoms with van der Waals surface area (Å²) in [5.41, 5.74) is 1.31. The van der Waals surface area contributed by atoms with E-state index in [0.717, 1.165) is 5.56 Å². The molecule has 5 nitrogen and oxygen atoms in total. The molecule has 0 fully saturated rings. The standard InChI is InChI=1S/C14H19NO4/c1-3-5-12(14(17)18)15-13(16)11-7-4-6-10(8-11)9-19-2/h4,6-8,12H,3,5,9H2,1-2H3,(H,15,16)(H,17,18). The lowest BCUT2D eigenvalue weighted by atomic mass is 10.1. The van der Waals surface area contributed by atoms with Crippen LogP contribution in [0.3, 0.4) is 0 Å². The molecule has 0 radical (unpaired) electrons. The van der Waals surface area contributed by atoms with Gasteiger partial charge in [-0.1, -0.05) is 25.5 Å². The molecule has 0 saturated carbocycles. The molecule has 0 aliphatic carbocycles. The number of ether oxygens (including phenoxy) is 1. The second kappa shape index (κ2) is 7.53. The van der Waals surface area contributed by atoms with Crippen LogP contribution in [0.2, 0.25) is 0 Å². The van der Waals surface area contributed by atoms with E-state index in [2.05, 4.69) is 5.32 Å². The third kappa shape index (κ3) is 4.71. The van der Waals surface area contributed by atoms with Crippen LogP contribution in [0.4, 0.5) is 0 Å². The molecule has 0 saturated heterocycles. The molecular weight excluding hydrogens is 246 g/mol. The van der Waals surface area contributed by atoms with E-state index in [1.807, 2.05) is 13.0 Å². The van der Waals surface area contributed by atoms with Crippen molar-refractivity contribution in [1.29, 1.82) is 0 Å². The minimum absolute atomic E-state index is 0.376. The molecule has 0 aromatic heterocycles. The summed E-state index contributed by atoms with van der Waals surface area (Å²) in [6.07, 6.45) is 1.11. The predicted octanol–water partition coefficient (Wildman–Crippen LogP) is 1.82. The summed E-state index contributed by atoms with van der Waals surface area (Å²) in [4.78, 5) is 23.0. The summed E-state index contributed by atoms with van der Waals surface area (Å²) in [5.74, 6) is -1.39. The van der Waals surface area contributed by atoms with Crippen molar-refractivity contribution < 1.29 is 19.4 Å². The Morgan fingerprint density at radius 3 is 2.74 bits per heavy atom. The predicted molar refractivity (Wildman–Crippen MR) is 71.0 cm³/mol. The zero-order valence-corrected chi connectivity index (χ0v) is 11.2. The van der Waals surface area contributed by atoms with Gasteiger partial charge in [-0.05, 0) is 24.1 Å². The minimum Gasteiger partial charge on any atom is -0.480 e. The Hall–Kier alpha value is -1.88. The Bertz CT molecular complexity index is 445. The highest BCUT2D eigenvalue weighted by atomic mass is 16.5. The van der Waals surface area contributed by atoms with Crippen LogP contribution in [0.15, 0.2) is 24.3 Å². The van der Waals surface area contributed by atoms with Gasteiger partial charge >= 0.3 is 5.97 Å². The third-order valence-corrected chi connectivity index (χ3v) is 2.68. The molecule has 1 atom stereocenters. The van der Waals surface area contributed by atoms with Crippen LogP contribution in [0.25, 0.3) is 0 Å². The highest BCUT2D eigenvalue weighted by molar-refractivity contribution is 5.96. The first-order valence-electron chi connectivity index (χ1n) is 6.20. The number of methoxy groups -OCH3 is 1. The van der Waals surface area contributed by atoms with E-state index in [1.165, 1.54) is 0 Å². The van der Waals surface area contributed by atoms with Crippen LogP contribution < -0.4 is 5.32 Å². The molecular formula is C14H19NO4. The molecule has 0 aliphatic rings. The highest BCUT2D eigenvalue weighted by Gasteiger charge is 2.19. The molecule has 0 spiro atoms. The van der Waals surface area contributed by atoms with Crippen LogP contribution in [0.5, 0.6) is 0 Å². The topological polar surface area (TPSA) is 75.6 Å². The minimum atomic E-state index is -1.01. The van der Waals surface area contributed by atoms with Crippen LogP contribution in [0.1, 0.15) is 35.7 Å². The number of rotatable bonds is 7. The number of nitrogens with one attached hydrogen (secondary N) is 1. The fraction of sp³-hybridized carbons (Fsp3) is 0.429. The quantitative estimate of drug-likeness (QED) is 0.788. The van der Waals surface area contributed by atoms with Crippen LogP contribution >= 0.6 is 0 Å². The first-order chi connectivity index (χ1) is 9.08. The van der Waals surface area contributed by atoms with E-state index < -0.39 is 12.0 Å². The average molecular weight is 265 g/mol. The Labute approximate surface area is 112 Å². The number of benzene rings is 1. The lowest BCUT2D eigenvalue weighted by molar-refractivity contribution is -0.139. The SMILES string of the molecule is CCCC(NC(=O)c1cccc(COC)c1)C(=O)O. The molecule has 1 unspecified atom stereocenters. The van der Waals surface area contributed by atoms with E-state index in [-0.39, 0.29) is 5.91 Å². The molecule has 19 heavy (non-hydrogen) atoms. The summed E-state index contributed by atoms with van der Waals surface area (Å²) in [6.45, 7) is 2.29. The number of aliphatic carboxylic acids is 1. The number of carboxylic acids is 1. The normalized spacial score (nSPS) is 11.9. The summed E-state index contributed by atoms with van der Waals surface area (Å²) in [6, 6.07) is 6.10. The fourth-order valence-electron chi connectivity index (χ4n) is 1.76. The van der Waals surface area contributed by atoms with E-state index in [0.29, 0.717) is 25.0 Å². The Morgan fingerprint density at radius 2 is 2.16 bits per heavy atom. The largest absolute Gasteiger partial charge is 0.480 e. The number of hydrogen-bond donors (Lipinski definition) is 2. The van der Waals surface area contributed by atoms with Crippen LogP contribution in [-0.4, -0.2) is 30.1 Å². The van der Waals surface area contributed by atoms with Gasteiger partial charge < -0.3 is 15.2 Å². The molecule has 1 aromatic carbocycles. The van der Waals surface area contributed by atoms with Crippen molar-refractivity contribution in [3.63, 3.8) is 0 Å². The van der Waals surface area contributed by atoms with E-state index in [9.17, 15) is 9.59 Å². The maximum atomic E-state index is 12.0. The van der Waals surface area contributed by atoms with E-state index in [4.69, 9.17) is 9.84 Å². The van der Waals surface area contributed by atoms with Crippen LogP contribution in [-0.2, 0) is 16.1 Å². The fourth-order valence-corrected chi connectivity index (χ4v) is 1.76. The second-order valence-electron chi connectivity index (χ2n) is 4.29. The highest BCUT2D eigenvalue weighted by Crippen LogP contribution is 2.07. The van der Waals surface area contributed by atoms with E-state index in [1.54, 1.807) is 25.3 Å². The molecule has 1 aromatic rings. The van der Waals surface area contributed by atoms with Crippen molar-refractivity contribution in [3.8, 4) is 0 Å². The number of hydrogen-bond acceptors (Lipinski definition) is 3. The smallest absolute Gasteiger partial charge is 0.326 e. The van der Waals surface area contributed by atoms with Crippen molar-refractivity contribution in [3.05, 3.63) is 35.4 Å². The maximum Gasteiger partial charge on any atom is 0.326 e. The van der Waals surface area contributed by atoms with Gasteiger partial charge in [0.25, 0.3) is 5.91 Å². The van der Waals surface area contributed by atoms with Gasteiger partial charge in [0.15, 0.2) is 0 Å². The summed E-state index contributed by atoms with van der Waals surface area (Å²) in [5, 5.41) is 11.5. The lowest BCUT2D eigenvalue weighted by Gasteiger charge is -2.13. The number of amides is 1. The number of carbonyl (C=O) groups excluding carboxylic acids is 1. The van der Waals surface area contributed by atoms with Crippen molar-refractivity contribution in [2.24, 2.45) is 0 Å². The summed E-state index contributed by atoms with van der Waals surface area (Å²) in [7, 11) is 1.58. The molecule has 0 bridgehead atoms. The van der Waals surface area contributed by atoms with Crippen molar-refractivity contribution in [2.75, 3.05) is 7.11 Å². The molecule has 0 aliphatic heterocycles. The molecule has 1 rings (SSSR count). The van der Waals surface area contributed by atoms with Gasteiger partial charge in [0, 0.05) is 12.7 Å². The summed E-state index contributed by atoms with van der Waals surface area (Å²) >= 11 is 0. The van der Waals surface area contributed by atoms with E-state index >= 15 is 0 Å². The Balaban J connectivity index is 2.76. The molecule has 104 valence electrons. The zero-order valence-electron chi connectivity index (χ0n) is 11.2. The first-order valence-corrected chi connectivity index (χ1v) is 6.20. The van der Waals surface area contributed by atoms with Gasteiger partial charge in [0.1, 0.15) is 6.04 Å². The number of carbonyl (C=O) groups is 2. The summed E-state index contributed by atoms with van der Waals surface area (Å²) < 4.78 is 4.99. The van der Waals surface area contributed by atoms with Gasteiger partial charge in [-0.15, -0.1) is 0 Å². The van der Waals surface area contributed by atoms with Gasteiger partial charge in [0.05, 0.1) is 6.61 Å². The molecule has 5 heteroatoms. The van der Waals surface area contributed by atoms with Gasteiger partial charge in [0.2, 0.25) is 0 Å². The average Bonchev–Trinajstić information content (AvgIpc) is 2.38. The Kier molecular flexibility index (Phi) is 6.02. The Morgan fingerprint density at radius 1 is 1.42 bits per heavy atom. The monoisotopic (exact) mass is 265 g/mol. The molecule has 2 N–H and O–H groups in total. The van der Waals surface area contributed by atoms with Gasteiger partial charge in [-0.3, -0.25) is 4.79 Å². The second-order valence-corrected chi connectivity index (χ2v) is 4.29. The molecule has 0 heterocycles. The first kappa shape index (κ1) is 15.2. The lowest BCUT2D eigenvalue weighted by Crippen LogP contribution is -2.40.